The first-order chi connectivity index (χ1) is 8.74. The SMILES string of the molecule is NC1CCN(C(=O)C2CCn3cncc3C2)CC1. The lowest BCUT2D eigenvalue weighted by molar-refractivity contribution is -0.137. The van der Waals surface area contributed by atoms with E-state index in [-0.39, 0.29) is 12.0 Å². The lowest BCUT2D eigenvalue weighted by atomic mass is 9.93. The van der Waals surface area contributed by atoms with E-state index in [1.54, 1.807) is 0 Å². The molecule has 3 rings (SSSR count). The van der Waals surface area contributed by atoms with Crippen molar-refractivity contribution < 1.29 is 4.79 Å². The number of aromatic nitrogens is 2. The van der Waals surface area contributed by atoms with Gasteiger partial charge in [-0.1, -0.05) is 0 Å². The summed E-state index contributed by atoms with van der Waals surface area (Å²) in [6, 6.07) is 0.279. The number of fused-ring (bicyclic) bond motifs is 1. The van der Waals surface area contributed by atoms with Crippen LogP contribution in [-0.4, -0.2) is 39.5 Å². The fraction of sp³-hybridized carbons (Fsp3) is 0.692. The van der Waals surface area contributed by atoms with Crippen LogP contribution in [0, 0.1) is 5.92 Å². The molecule has 1 fully saturated rings. The number of nitrogens with two attached hydrogens (primary N) is 1. The summed E-state index contributed by atoms with van der Waals surface area (Å²) in [5, 5.41) is 0. The van der Waals surface area contributed by atoms with Crippen LogP contribution in [0.15, 0.2) is 12.5 Å². The zero-order valence-corrected chi connectivity index (χ0v) is 10.6. The van der Waals surface area contributed by atoms with Gasteiger partial charge in [-0.25, -0.2) is 4.98 Å². The summed E-state index contributed by atoms with van der Waals surface area (Å²) < 4.78 is 2.15. The molecule has 2 N–H and O–H groups in total. The van der Waals surface area contributed by atoms with Gasteiger partial charge in [0.25, 0.3) is 0 Å². The Hall–Kier alpha value is -1.36. The maximum absolute atomic E-state index is 12.4. The normalized spacial score (nSPS) is 24.9. The van der Waals surface area contributed by atoms with Gasteiger partial charge in [-0.2, -0.15) is 0 Å². The molecule has 1 amide bonds. The van der Waals surface area contributed by atoms with Gasteiger partial charge in [0.2, 0.25) is 5.91 Å². The highest BCUT2D eigenvalue weighted by Gasteiger charge is 2.30. The molecule has 0 saturated carbocycles. The number of hydrogen-bond donors (Lipinski definition) is 1. The molecule has 0 aliphatic carbocycles. The molecule has 0 radical (unpaired) electrons. The van der Waals surface area contributed by atoms with Crippen molar-refractivity contribution in [2.24, 2.45) is 11.7 Å². The van der Waals surface area contributed by atoms with Crippen LogP contribution in [0.3, 0.4) is 0 Å². The molecule has 1 unspecified atom stereocenters. The minimum Gasteiger partial charge on any atom is -0.342 e. The summed E-state index contributed by atoms with van der Waals surface area (Å²) in [6.45, 7) is 2.57. The number of amides is 1. The fourth-order valence-electron chi connectivity index (χ4n) is 2.96. The molecule has 2 aliphatic heterocycles. The standard InChI is InChI=1S/C13H20N4O/c14-11-2-5-16(6-3-11)13(18)10-1-4-17-9-15-8-12(17)7-10/h8-11H,1-7,14H2. The Morgan fingerprint density at radius 2 is 2.06 bits per heavy atom. The van der Waals surface area contributed by atoms with Crippen molar-refractivity contribution in [3.05, 3.63) is 18.2 Å². The fourth-order valence-corrected chi connectivity index (χ4v) is 2.96. The first-order valence-electron chi connectivity index (χ1n) is 6.77. The van der Waals surface area contributed by atoms with Gasteiger partial charge in [-0.05, 0) is 19.3 Å². The van der Waals surface area contributed by atoms with E-state index >= 15 is 0 Å². The summed E-state index contributed by atoms with van der Waals surface area (Å²) in [5.41, 5.74) is 7.06. The molecule has 5 nitrogen and oxygen atoms in total. The first kappa shape index (κ1) is 11.7. The molecular weight excluding hydrogens is 228 g/mol. The van der Waals surface area contributed by atoms with Gasteiger partial charge in [-0.3, -0.25) is 4.79 Å². The van der Waals surface area contributed by atoms with E-state index in [0.717, 1.165) is 45.3 Å². The Balaban J connectivity index is 1.64. The maximum Gasteiger partial charge on any atom is 0.226 e. The summed E-state index contributed by atoms with van der Waals surface area (Å²) in [7, 11) is 0. The van der Waals surface area contributed by atoms with Crippen LogP contribution in [0.5, 0.6) is 0 Å². The van der Waals surface area contributed by atoms with E-state index in [0.29, 0.717) is 5.91 Å². The second-order valence-electron chi connectivity index (χ2n) is 5.43. The Bertz CT molecular complexity index is 434. The highest BCUT2D eigenvalue weighted by molar-refractivity contribution is 5.79. The summed E-state index contributed by atoms with van der Waals surface area (Å²) >= 11 is 0. The maximum atomic E-state index is 12.4. The van der Waals surface area contributed by atoms with Crippen molar-refractivity contribution in [1.29, 1.82) is 0 Å². The van der Waals surface area contributed by atoms with Crippen LogP contribution in [0.4, 0.5) is 0 Å². The molecule has 5 heteroatoms. The van der Waals surface area contributed by atoms with Crippen LogP contribution < -0.4 is 5.73 Å². The molecule has 1 aromatic heterocycles. The van der Waals surface area contributed by atoms with Crippen LogP contribution in [0.1, 0.15) is 25.0 Å². The molecule has 98 valence electrons. The van der Waals surface area contributed by atoms with E-state index in [9.17, 15) is 4.79 Å². The molecule has 1 aromatic rings. The Morgan fingerprint density at radius 1 is 1.28 bits per heavy atom. The largest absolute Gasteiger partial charge is 0.342 e. The van der Waals surface area contributed by atoms with Crippen LogP contribution in [0.25, 0.3) is 0 Å². The zero-order valence-electron chi connectivity index (χ0n) is 10.6. The Kier molecular flexibility index (Phi) is 3.07. The van der Waals surface area contributed by atoms with Crippen LogP contribution in [0.2, 0.25) is 0 Å². The molecular formula is C13H20N4O. The lowest BCUT2D eigenvalue weighted by Crippen LogP contribution is -2.46. The Labute approximate surface area is 107 Å². The highest BCUT2D eigenvalue weighted by atomic mass is 16.2. The third-order valence-electron chi connectivity index (χ3n) is 4.17. The van der Waals surface area contributed by atoms with Gasteiger partial charge in [0.1, 0.15) is 0 Å². The van der Waals surface area contributed by atoms with Gasteiger partial charge in [0, 0.05) is 49.9 Å². The van der Waals surface area contributed by atoms with E-state index in [4.69, 9.17) is 5.73 Å². The number of nitrogens with zero attached hydrogens (tertiary/aromatic N) is 3. The summed E-state index contributed by atoms with van der Waals surface area (Å²) in [5.74, 6) is 0.456. The first-order valence-corrected chi connectivity index (χ1v) is 6.77. The van der Waals surface area contributed by atoms with Crippen molar-refractivity contribution in [2.45, 2.75) is 38.3 Å². The van der Waals surface area contributed by atoms with Gasteiger partial charge >= 0.3 is 0 Å². The second kappa shape index (κ2) is 4.72. The second-order valence-corrected chi connectivity index (χ2v) is 5.43. The van der Waals surface area contributed by atoms with Crippen molar-refractivity contribution in [1.82, 2.24) is 14.5 Å². The predicted molar refractivity (Wildman–Crippen MR) is 67.8 cm³/mol. The number of aryl methyl sites for hydroxylation is 1. The molecule has 1 saturated heterocycles. The summed E-state index contributed by atoms with van der Waals surface area (Å²) in [6.07, 6.45) is 7.39. The number of imidazole rings is 1. The third kappa shape index (κ3) is 2.14. The minimum absolute atomic E-state index is 0.142. The predicted octanol–water partition coefficient (Wildman–Crippen LogP) is 0.395. The smallest absolute Gasteiger partial charge is 0.226 e. The number of rotatable bonds is 1. The zero-order chi connectivity index (χ0) is 12.5. The lowest BCUT2D eigenvalue weighted by Gasteiger charge is -2.34. The van der Waals surface area contributed by atoms with E-state index in [2.05, 4.69) is 9.55 Å². The number of hydrogen-bond acceptors (Lipinski definition) is 3. The number of likely N-dealkylation sites (tertiary alicyclic amines) is 1. The topological polar surface area (TPSA) is 64.2 Å². The molecule has 0 spiro atoms. The third-order valence-corrected chi connectivity index (χ3v) is 4.17. The van der Waals surface area contributed by atoms with Gasteiger partial charge in [0.15, 0.2) is 0 Å². The van der Waals surface area contributed by atoms with Crippen LogP contribution >= 0.6 is 0 Å². The average Bonchev–Trinajstić information content (AvgIpc) is 2.86. The molecule has 2 aliphatic rings. The van der Waals surface area contributed by atoms with Crippen molar-refractivity contribution in [2.75, 3.05) is 13.1 Å². The van der Waals surface area contributed by atoms with Gasteiger partial charge < -0.3 is 15.2 Å². The van der Waals surface area contributed by atoms with Crippen molar-refractivity contribution >= 4 is 5.91 Å². The number of piperidine rings is 1. The Morgan fingerprint density at radius 3 is 2.83 bits per heavy atom. The molecule has 0 aromatic carbocycles. The van der Waals surface area contributed by atoms with E-state index < -0.39 is 0 Å². The van der Waals surface area contributed by atoms with Crippen molar-refractivity contribution in [3.63, 3.8) is 0 Å². The van der Waals surface area contributed by atoms with E-state index in [1.807, 2.05) is 17.4 Å². The molecule has 1 atom stereocenters. The number of carbonyl (C=O) groups excluding carboxylic acids is 1. The highest BCUT2D eigenvalue weighted by Crippen LogP contribution is 2.23. The summed E-state index contributed by atoms with van der Waals surface area (Å²) in [4.78, 5) is 18.6. The monoisotopic (exact) mass is 248 g/mol. The molecule has 18 heavy (non-hydrogen) atoms. The van der Waals surface area contributed by atoms with Crippen molar-refractivity contribution in [3.8, 4) is 0 Å². The minimum atomic E-state index is 0.142. The van der Waals surface area contributed by atoms with Crippen LogP contribution in [-0.2, 0) is 17.8 Å². The number of carbonyl (C=O) groups is 1. The molecule has 0 bridgehead atoms. The quantitative estimate of drug-likeness (QED) is 0.782. The van der Waals surface area contributed by atoms with E-state index in [1.165, 1.54) is 5.69 Å². The van der Waals surface area contributed by atoms with Gasteiger partial charge in [-0.15, -0.1) is 0 Å². The van der Waals surface area contributed by atoms with Gasteiger partial charge in [0.05, 0.1) is 6.33 Å². The molecule has 3 heterocycles. The average molecular weight is 248 g/mol.